The molecule has 8 nitrogen and oxygen atoms in total. The van der Waals surface area contributed by atoms with Gasteiger partial charge >= 0.3 is 0 Å². The molecule has 0 spiro atoms. The van der Waals surface area contributed by atoms with E-state index in [0.717, 1.165) is 11.1 Å². The molecule has 3 rings (SSSR count). The van der Waals surface area contributed by atoms with Gasteiger partial charge in [-0.25, -0.2) is 0 Å². The Kier molecular flexibility index (Phi) is 6.95. The van der Waals surface area contributed by atoms with Crippen molar-refractivity contribution >= 4 is 20.2 Å². The number of hydrogen-bond acceptors (Lipinski definition) is 8. The van der Waals surface area contributed by atoms with Crippen LogP contribution < -0.4 is 0 Å². The molecular formula is C20H24O8S2. The molecule has 0 N–H and O–H groups in total. The van der Waals surface area contributed by atoms with E-state index < -0.39 is 38.7 Å². The number of ether oxygens (including phenoxy) is 2. The fourth-order valence-electron chi connectivity index (χ4n) is 2.92. The maximum Gasteiger partial charge on any atom is 0.297 e. The largest absolute Gasteiger partial charge is 0.356 e. The lowest BCUT2D eigenvalue weighted by Gasteiger charge is -2.34. The normalized spacial score (nSPS) is 22.7. The second kappa shape index (κ2) is 9.13. The van der Waals surface area contributed by atoms with Crippen LogP contribution in [0.15, 0.2) is 58.3 Å². The number of hydrogen-bond donors (Lipinski definition) is 0. The first-order chi connectivity index (χ1) is 14.1. The van der Waals surface area contributed by atoms with Crippen LogP contribution >= 0.6 is 0 Å². The minimum atomic E-state index is -4.16. The van der Waals surface area contributed by atoms with Gasteiger partial charge in [0.1, 0.15) is 12.2 Å². The van der Waals surface area contributed by atoms with Crippen molar-refractivity contribution in [2.24, 2.45) is 0 Å². The van der Waals surface area contributed by atoms with E-state index in [2.05, 4.69) is 0 Å². The highest BCUT2D eigenvalue weighted by molar-refractivity contribution is 7.87. The topological polar surface area (TPSA) is 105 Å². The van der Waals surface area contributed by atoms with E-state index in [1.165, 1.54) is 31.4 Å². The van der Waals surface area contributed by atoms with E-state index in [1.807, 2.05) is 13.8 Å². The number of aryl methyl sites for hydroxylation is 2. The maximum atomic E-state index is 12.7. The summed E-state index contributed by atoms with van der Waals surface area (Å²) in [6.07, 6.45) is -3.04. The van der Waals surface area contributed by atoms with Gasteiger partial charge in [0.2, 0.25) is 0 Å². The summed E-state index contributed by atoms with van der Waals surface area (Å²) in [5.41, 5.74) is 1.79. The maximum absolute atomic E-state index is 12.7. The van der Waals surface area contributed by atoms with E-state index in [4.69, 9.17) is 17.8 Å². The predicted octanol–water partition coefficient (Wildman–Crippen LogP) is 2.54. The summed E-state index contributed by atoms with van der Waals surface area (Å²) in [7, 11) is -6.91. The van der Waals surface area contributed by atoms with Crippen molar-refractivity contribution in [3.05, 3.63) is 59.7 Å². The van der Waals surface area contributed by atoms with Crippen LogP contribution in [-0.4, -0.2) is 49.1 Å². The minimum Gasteiger partial charge on any atom is -0.356 e. The lowest BCUT2D eigenvalue weighted by Crippen LogP contribution is -2.46. The SMILES string of the molecule is COC1C[C@H](OS(=O)(=O)c2ccc(C)cc2)[C@H](OS(=O)(=O)c2ccc(C)cc2)CO1. The van der Waals surface area contributed by atoms with Gasteiger partial charge in [-0.05, 0) is 38.1 Å². The van der Waals surface area contributed by atoms with Gasteiger partial charge in [0.15, 0.2) is 6.29 Å². The molecule has 2 aromatic carbocycles. The standard InChI is InChI=1S/C20H24O8S2/c1-14-4-8-16(9-5-14)29(21,22)27-18-12-20(25-3)26-13-19(18)28-30(23,24)17-10-6-15(2)7-11-17/h4-11,18-20H,12-13H2,1-3H3/t18-,19+,20?/m0/s1. The van der Waals surface area contributed by atoms with Crippen molar-refractivity contribution in [3.63, 3.8) is 0 Å². The molecule has 0 amide bonds. The summed E-state index contributed by atoms with van der Waals surface area (Å²) in [6.45, 7) is 3.45. The lowest BCUT2D eigenvalue weighted by atomic mass is 10.1. The Balaban J connectivity index is 1.83. The third kappa shape index (κ3) is 5.45. The second-order valence-corrected chi connectivity index (χ2v) is 10.2. The molecule has 3 atom stereocenters. The van der Waals surface area contributed by atoms with Crippen LogP contribution in [0.5, 0.6) is 0 Å². The highest BCUT2D eigenvalue weighted by Crippen LogP contribution is 2.27. The average Bonchev–Trinajstić information content (AvgIpc) is 2.69. The monoisotopic (exact) mass is 456 g/mol. The van der Waals surface area contributed by atoms with Crippen LogP contribution in [0.2, 0.25) is 0 Å². The quantitative estimate of drug-likeness (QED) is 0.586. The summed E-state index contributed by atoms with van der Waals surface area (Å²) in [5, 5.41) is 0. The lowest BCUT2D eigenvalue weighted by molar-refractivity contribution is -0.195. The molecule has 2 aromatic rings. The first-order valence-corrected chi connectivity index (χ1v) is 12.1. The molecule has 0 saturated carbocycles. The van der Waals surface area contributed by atoms with Crippen LogP contribution in [0.3, 0.4) is 0 Å². The predicted molar refractivity (Wildman–Crippen MR) is 108 cm³/mol. The second-order valence-electron chi connectivity index (χ2n) is 7.04. The molecule has 10 heteroatoms. The fourth-order valence-corrected chi connectivity index (χ4v) is 5.11. The van der Waals surface area contributed by atoms with Crippen LogP contribution in [0.25, 0.3) is 0 Å². The Morgan fingerprint density at radius 3 is 1.63 bits per heavy atom. The van der Waals surface area contributed by atoms with Gasteiger partial charge in [-0.2, -0.15) is 16.8 Å². The Bertz CT molecular complexity index is 1060. The van der Waals surface area contributed by atoms with Crippen LogP contribution in [0.1, 0.15) is 17.5 Å². The molecule has 1 aliphatic heterocycles. The molecule has 164 valence electrons. The molecule has 1 saturated heterocycles. The summed E-state index contributed by atoms with van der Waals surface area (Å²) < 4.78 is 72.0. The Morgan fingerprint density at radius 2 is 1.20 bits per heavy atom. The van der Waals surface area contributed by atoms with Gasteiger partial charge in [0, 0.05) is 13.5 Å². The first kappa shape index (κ1) is 22.9. The molecule has 0 radical (unpaired) electrons. The average molecular weight is 457 g/mol. The zero-order valence-electron chi connectivity index (χ0n) is 16.8. The van der Waals surface area contributed by atoms with E-state index in [-0.39, 0.29) is 22.8 Å². The summed E-state index contributed by atoms with van der Waals surface area (Å²) >= 11 is 0. The van der Waals surface area contributed by atoms with E-state index in [1.54, 1.807) is 24.3 Å². The molecule has 30 heavy (non-hydrogen) atoms. The molecule has 0 aromatic heterocycles. The van der Waals surface area contributed by atoms with E-state index in [9.17, 15) is 16.8 Å². The highest BCUT2D eigenvalue weighted by atomic mass is 32.2. The van der Waals surface area contributed by atoms with Crippen molar-refractivity contribution in [2.75, 3.05) is 13.7 Å². The van der Waals surface area contributed by atoms with Crippen molar-refractivity contribution in [1.82, 2.24) is 0 Å². The first-order valence-electron chi connectivity index (χ1n) is 9.25. The molecule has 1 unspecified atom stereocenters. The van der Waals surface area contributed by atoms with Crippen molar-refractivity contribution in [1.29, 1.82) is 0 Å². The van der Waals surface area contributed by atoms with Gasteiger partial charge in [0.05, 0.1) is 16.4 Å². The van der Waals surface area contributed by atoms with Crippen molar-refractivity contribution < 1.29 is 34.7 Å². The fraction of sp³-hybridized carbons (Fsp3) is 0.400. The van der Waals surface area contributed by atoms with Crippen LogP contribution in [0, 0.1) is 13.8 Å². The Morgan fingerprint density at radius 1 is 0.767 bits per heavy atom. The summed E-state index contributed by atoms with van der Waals surface area (Å²) in [4.78, 5) is -0.0733. The van der Waals surface area contributed by atoms with Crippen molar-refractivity contribution in [2.45, 2.75) is 48.6 Å². The third-order valence-electron chi connectivity index (χ3n) is 4.67. The molecule has 1 heterocycles. The van der Waals surface area contributed by atoms with Gasteiger partial charge < -0.3 is 9.47 Å². The van der Waals surface area contributed by atoms with Crippen LogP contribution in [0.4, 0.5) is 0 Å². The van der Waals surface area contributed by atoms with Gasteiger partial charge in [-0.3, -0.25) is 8.37 Å². The van der Waals surface area contributed by atoms with Gasteiger partial charge in [0.25, 0.3) is 20.2 Å². The highest BCUT2D eigenvalue weighted by Gasteiger charge is 2.39. The van der Waals surface area contributed by atoms with E-state index >= 15 is 0 Å². The third-order valence-corrected chi connectivity index (χ3v) is 7.37. The number of benzene rings is 2. The molecular weight excluding hydrogens is 432 g/mol. The molecule has 0 bridgehead atoms. The Labute approximate surface area is 177 Å². The zero-order valence-corrected chi connectivity index (χ0v) is 18.5. The van der Waals surface area contributed by atoms with Gasteiger partial charge in [-0.1, -0.05) is 35.4 Å². The Hall–Kier alpha value is -1.82. The number of methoxy groups -OCH3 is 1. The number of rotatable bonds is 7. The van der Waals surface area contributed by atoms with Crippen molar-refractivity contribution in [3.8, 4) is 0 Å². The molecule has 0 aliphatic carbocycles. The zero-order chi connectivity index (χ0) is 21.9. The smallest absolute Gasteiger partial charge is 0.297 e. The molecule has 1 fully saturated rings. The minimum absolute atomic E-state index is 0.0182. The summed E-state index contributed by atoms with van der Waals surface area (Å²) in [5.74, 6) is 0. The summed E-state index contributed by atoms with van der Waals surface area (Å²) in [6, 6.07) is 12.3. The van der Waals surface area contributed by atoms with Gasteiger partial charge in [-0.15, -0.1) is 0 Å². The molecule has 1 aliphatic rings. The van der Waals surface area contributed by atoms with E-state index in [0.29, 0.717) is 0 Å². The van der Waals surface area contributed by atoms with Crippen LogP contribution in [-0.2, 0) is 38.1 Å².